The Morgan fingerprint density at radius 3 is 2.95 bits per heavy atom. The lowest BCUT2D eigenvalue weighted by Gasteiger charge is -2.38. The van der Waals surface area contributed by atoms with Gasteiger partial charge >= 0.3 is 0 Å². The lowest BCUT2D eigenvalue weighted by Crippen LogP contribution is -2.51. The van der Waals surface area contributed by atoms with Crippen molar-refractivity contribution in [2.45, 2.75) is 38.7 Å². The van der Waals surface area contributed by atoms with Crippen LogP contribution in [0, 0.1) is 0 Å². The van der Waals surface area contributed by atoms with Crippen LogP contribution in [0.2, 0.25) is 0 Å². The predicted molar refractivity (Wildman–Crippen MR) is 80.6 cm³/mol. The lowest BCUT2D eigenvalue weighted by atomic mass is 10.1. The van der Waals surface area contributed by atoms with E-state index in [0.717, 1.165) is 18.6 Å². The van der Waals surface area contributed by atoms with E-state index in [1.165, 1.54) is 17.5 Å². The van der Waals surface area contributed by atoms with E-state index in [1.807, 2.05) is 24.8 Å². The van der Waals surface area contributed by atoms with Crippen LogP contribution in [0.15, 0.2) is 18.2 Å². The van der Waals surface area contributed by atoms with E-state index in [4.69, 9.17) is 9.47 Å². The van der Waals surface area contributed by atoms with Gasteiger partial charge < -0.3 is 14.4 Å². The third-order valence-electron chi connectivity index (χ3n) is 4.21. The normalized spacial score (nSPS) is 20.2. The van der Waals surface area contributed by atoms with Crippen molar-refractivity contribution in [3.05, 3.63) is 29.3 Å². The number of hydrogen-bond donors (Lipinski definition) is 0. The predicted octanol–water partition coefficient (Wildman–Crippen LogP) is 2.19. The number of aryl methyl sites for hydroxylation is 2. The number of benzene rings is 1. The van der Waals surface area contributed by atoms with E-state index in [0.29, 0.717) is 19.7 Å². The molecule has 0 bridgehead atoms. The molecule has 1 aliphatic carbocycles. The summed E-state index contributed by atoms with van der Waals surface area (Å²) in [6.07, 6.45) is 3.51. The summed E-state index contributed by atoms with van der Waals surface area (Å²) in [6.45, 7) is 5.99. The molecule has 1 amide bonds. The van der Waals surface area contributed by atoms with Crippen molar-refractivity contribution in [2.24, 2.45) is 0 Å². The molecular weight excluding hydrogens is 266 g/mol. The van der Waals surface area contributed by atoms with Gasteiger partial charge in [0, 0.05) is 13.1 Å². The molecule has 0 atom stereocenters. The van der Waals surface area contributed by atoms with Gasteiger partial charge in [0.1, 0.15) is 5.75 Å². The standard InChI is InChI=1S/C17H23NO3/c1-17(2)12-18(8-9-21-17)16(19)11-20-15-7-6-13-4-3-5-14(13)10-15/h6-7,10H,3-5,8-9,11-12H2,1-2H3. The maximum absolute atomic E-state index is 12.2. The van der Waals surface area contributed by atoms with Crippen LogP contribution in [0.3, 0.4) is 0 Å². The second-order valence-corrected chi connectivity index (χ2v) is 6.50. The first kappa shape index (κ1) is 14.4. The number of morpholine rings is 1. The molecule has 1 aliphatic heterocycles. The summed E-state index contributed by atoms with van der Waals surface area (Å²) in [5.74, 6) is 0.836. The van der Waals surface area contributed by atoms with Crippen molar-refractivity contribution >= 4 is 5.91 Å². The Morgan fingerprint density at radius 1 is 1.33 bits per heavy atom. The highest BCUT2D eigenvalue weighted by Crippen LogP contribution is 2.26. The zero-order valence-electron chi connectivity index (χ0n) is 12.9. The molecule has 3 rings (SSSR count). The number of carbonyl (C=O) groups excluding carboxylic acids is 1. The Morgan fingerprint density at radius 2 is 2.14 bits per heavy atom. The first-order valence-corrected chi connectivity index (χ1v) is 7.70. The van der Waals surface area contributed by atoms with Gasteiger partial charge in [0.25, 0.3) is 5.91 Å². The highest BCUT2D eigenvalue weighted by molar-refractivity contribution is 5.78. The summed E-state index contributed by atoms with van der Waals surface area (Å²) >= 11 is 0. The van der Waals surface area contributed by atoms with Crippen LogP contribution in [-0.2, 0) is 22.4 Å². The van der Waals surface area contributed by atoms with Crippen LogP contribution in [0.4, 0.5) is 0 Å². The molecular formula is C17H23NO3. The van der Waals surface area contributed by atoms with Crippen LogP contribution in [0.5, 0.6) is 5.75 Å². The minimum absolute atomic E-state index is 0.0341. The zero-order chi connectivity index (χ0) is 14.9. The summed E-state index contributed by atoms with van der Waals surface area (Å²) < 4.78 is 11.3. The first-order chi connectivity index (χ1) is 10.0. The molecule has 0 spiro atoms. The average molecular weight is 289 g/mol. The Labute approximate surface area is 126 Å². The zero-order valence-corrected chi connectivity index (χ0v) is 12.9. The van der Waals surface area contributed by atoms with Crippen LogP contribution < -0.4 is 4.74 Å². The monoisotopic (exact) mass is 289 g/mol. The molecule has 1 aromatic carbocycles. The summed E-state index contributed by atoms with van der Waals surface area (Å²) in [5.41, 5.74) is 2.53. The molecule has 4 heteroatoms. The van der Waals surface area contributed by atoms with Crippen LogP contribution in [0.25, 0.3) is 0 Å². The van der Waals surface area contributed by atoms with Crippen molar-refractivity contribution in [1.29, 1.82) is 0 Å². The topological polar surface area (TPSA) is 38.8 Å². The summed E-state index contributed by atoms with van der Waals surface area (Å²) in [7, 11) is 0. The molecule has 114 valence electrons. The second-order valence-electron chi connectivity index (χ2n) is 6.50. The number of rotatable bonds is 3. The van der Waals surface area contributed by atoms with Gasteiger partial charge in [0.15, 0.2) is 6.61 Å². The quantitative estimate of drug-likeness (QED) is 0.856. The highest BCUT2D eigenvalue weighted by Gasteiger charge is 2.30. The Balaban J connectivity index is 1.56. The van der Waals surface area contributed by atoms with E-state index in [2.05, 4.69) is 12.1 Å². The van der Waals surface area contributed by atoms with Gasteiger partial charge in [-0.25, -0.2) is 0 Å². The van der Waals surface area contributed by atoms with Crippen molar-refractivity contribution in [1.82, 2.24) is 4.90 Å². The van der Waals surface area contributed by atoms with E-state index in [9.17, 15) is 4.79 Å². The van der Waals surface area contributed by atoms with Crippen molar-refractivity contribution in [3.8, 4) is 5.75 Å². The highest BCUT2D eigenvalue weighted by atomic mass is 16.5. The van der Waals surface area contributed by atoms with Gasteiger partial charge in [-0.2, -0.15) is 0 Å². The number of amides is 1. The number of fused-ring (bicyclic) bond motifs is 1. The molecule has 0 N–H and O–H groups in total. The molecule has 1 saturated heterocycles. The van der Waals surface area contributed by atoms with Crippen LogP contribution >= 0.6 is 0 Å². The molecule has 0 aromatic heterocycles. The molecule has 0 radical (unpaired) electrons. The van der Waals surface area contributed by atoms with E-state index in [1.54, 1.807) is 0 Å². The van der Waals surface area contributed by atoms with Gasteiger partial charge in [-0.3, -0.25) is 4.79 Å². The van der Waals surface area contributed by atoms with Gasteiger partial charge in [0.05, 0.1) is 12.2 Å². The van der Waals surface area contributed by atoms with Crippen molar-refractivity contribution < 1.29 is 14.3 Å². The summed E-state index contributed by atoms with van der Waals surface area (Å²) in [6, 6.07) is 6.18. The smallest absolute Gasteiger partial charge is 0.260 e. The summed E-state index contributed by atoms with van der Waals surface area (Å²) in [5, 5.41) is 0. The van der Waals surface area contributed by atoms with Gasteiger partial charge in [-0.05, 0) is 56.4 Å². The minimum atomic E-state index is -0.262. The average Bonchev–Trinajstić information content (AvgIpc) is 2.91. The first-order valence-electron chi connectivity index (χ1n) is 7.70. The fourth-order valence-corrected chi connectivity index (χ4v) is 3.10. The van der Waals surface area contributed by atoms with Gasteiger partial charge in [-0.15, -0.1) is 0 Å². The second kappa shape index (κ2) is 5.68. The van der Waals surface area contributed by atoms with E-state index in [-0.39, 0.29) is 18.1 Å². The molecule has 1 heterocycles. The molecule has 1 aromatic rings. The maximum Gasteiger partial charge on any atom is 0.260 e. The van der Waals surface area contributed by atoms with Gasteiger partial charge in [-0.1, -0.05) is 6.07 Å². The van der Waals surface area contributed by atoms with Crippen LogP contribution in [-0.4, -0.2) is 42.7 Å². The molecule has 2 aliphatic rings. The largest absolute Gasteiger partial charge is 0.484 e. The molecule has 0 saturated carbocycles. The number of nitrogens with zero attached hydrogens (tertiary/aromatic N) is 1. The number of hydrogen-bond acceptors (Lipinski definition) is 3. The number of ether oxygens (including phenoxy) is 2. The van der Waals surface area contributed by atoms with E-state index >= 15 is 0 Å². The Bertz CT molecular complexity index is 539. The Kier molecular flexibility index (Phi) is 3.89. The maximum atomic E-state index is 12.2. The van der Waals surface area contributed by atoms with E-state index < -0.39 is 0 Å². The SMILES string of the molecule is CC1(C)CN(C(=O)COc2ccc3c(c2)CCC3)CCO1. The number of carbonyl (C=O) groups is 1. The summed E-state index contributed by atoms with van der Waals surface area (Å²) in [4.78, 5) is 14.1. The van der Waals surface area contributed by atoms with Crippen molar-refractivity contribution in [2.75, 3.05) is 26.3 Å². The molecule has 21 heavy (non-hydrogen) atoms. The fraction of sp³-hybridized carbons (Fsp3) is 0.588. The lowest BCUT2D eigenvalue weighted by molar-refractivity contribution is -0.147. The molecule has 4 nitrogen and oxygen atoms in total. The third kappa shape index (κ3) is 3.38. The molecule has 1 fully saturated rings. The van der Waals surface area contributed by atoms with Gasteiger partial charge in [0.2, 0.25) is 0 Å². The molecule has 0 unspecified atom stereocenters. The fourth-order valence-electron chi connectivity index (χ4n) is 3.10. The Hall–Kier alpha value is -1.55. The van der Waals surface area contributed by atoms with Crippen LogP contribution in [0.1, 0.15) is 31.4 Å². The third-order valence-corrected chi connectivity index (χ3v) is 4.21. The van der Waals surface area contributed by atoms with Crippen molar-refractivity contribution in [3.63, 3.8) is 0 Å². The minimum Gasteiger partial charge on any atom is -0.484 e.